The number of carbonyl (C=O) groups excluding carboxylic acids is 1. The summed E-state index contributed by atoms with van der Waals surface area (Å²) < 4.78 is 0. The Kier molecular flexibility index (Phi) is 6.55. The van der Waals surface area contributed by atoms with Crippen molar-refractivity contribution >= 4 is 28.8 Å². The van der Waals surface area contributed by atoms with Crippen molar-refractivity contribution in [3.63, 3.8) is 0 Å². The Morgan fingerprint density at radius 3 is 2.44 bits per heavy atom. The molecule has 0 radical (unpaired) electrons. The van der Waals surface area contributed by atoms with Crippen LogP contribution < -0.4 is 16.8 Å². The van der Waals surface area contributed by atoms with Crippen LogP contribution >= 0.6 is 11.8 Å². The van der Waals surface area contributed by atoms with Crippen LogP contribution in [0.4, 0.5) is 0 Å². The predicted molar refractivity (Wildman–Crippen MR) is 68.4 cm³/mol. The van der Waals surface area contributed by atoms with Crippen molar-refractivity contribution in [2.45, 2.75) is 26.8 Å². The summed E-state index contributed by atoms with van der Waals surface area (Å²) >= 11 is 0.990. The number of hydrogen-bond donors (Lipinski definition) is 4. The van der Waals surface area contributed by atoms with Crippen LogP contribution in [0.3, 0.4) is 0 Å². The number of carbonyl (C=O) groups is 1. The van der Waals surface area contributed by atoms with Crippen molar-refractivity contribution in [3.05, 3.63) is 0 Å². The van der Waals surface area contributed by atoms with Crippen LogP contribution in [0.1, 0.15) is 20.8 Å². The van der Waals surface area contributed by atoms with Crippen molar-refractivity contribution in [2.75, 3.05) is 5.75 Å². The van der Waals surface area contributed by atoms with E-state index >= 15 is 0 Å². The second-order valence-electron chi connectivity index (χ2n) is 3.73. The van der Waals surface area contributed by atoms with Gasteiger partial charge >= 0.3 is 0 Å². The zero-order valence-electron chi connectivity index (χ0n) is 9.78. The smallest absolute Gasteiger partial charge is 0.230 e. The maximum atomic E-state index is 11.4. The standard InChI is InChI=1S/C9H19N5OS/c1-5(2)6(3)13-7(15)4-16-9(12)14-8(10)11/h5-6H,4H2,1-3H3,(H,13,15)(H5,10,11,12,14). The molecule has 0 bridgehead atoms. The molecule has 0 heterocycles. The van der Waals surface area contributed by atoms with Crippen molar-refractivity contribution in [2.24, 2.45) is 22.4 Å². The molecule has 0 spiro atoms. The first-order chi connectivity index (χ1) is 7.32. The lowest BCUT2D eigenvalue weighted by Crippen LogP contribution is -2.37. The minimum absolute atomic E-state index is 0.0626. The van der Waals surface area contributed by atoms with Crippen LogP contribution in [0, 0.1) is 11.3 Å². The Morgan fingerprint density at radius 1 is 1.44 bits per heavy atom. The third kappa shape index (κ3) is 7.10. The van der Waals surface area contributed by atoms with E-state index in [0.29, 0.717) is 5.92 Å². The van der Waals surface area contributed by atoms with Gasteiger partial charge in [0.2, 0.25) is 5.91 Å². The Bertz CT molecular complexity index is 286. The molecule has 1 atom stereocenters. The van der Waals surface area contributed by atoms with Gasteiger partial charge in [-0.05, 0) is 12.8 Å². The lowest BCUT2D eigenvalue weighted by atomic mass is 10.1. The number of hydrogen-bond acceptors (Lipinski definition) is 3. The molecule has 0 aromatic heterocycles. The van der Waals surface area contributed by atoms with Crippen LogP contribution in [-0.4, -0.2) is 28.8 Å². The molecule has 1 unspecified atom stereocenters. The van der Waals surface area contributed by atoms with E-state index in [1.807, 2.05) is 20.8 Å². The number of nitrogens with two attached hydrogens (primary N) is 2. The third-order valence-electron chi connectivity index (χ3n) is 1.96. The van der Waals surface area contributed by atoms with E-state index in [0.717, 1.165) is 11.8 Å². The molecular formula is C9H19N5OS. The monoisotopic (exact) mass is 245 g/mol. The van der Waals surface area contributed by atoms with E-state index in [-0.39, 0.29) is 28.8 Å². The van der Waals surface area contributed by atoms with E-state index < -0.39 is 0 Å². The molecular weight excluding hydrogens is 226 g/mol. The largest absolute Gasteiger partial charge is 0.370 e. The number of nitrogens with zero attached hydrogens (tertiary/aromatic N) is 1. The highest BCUT2D eigenvalue weighted by atomic mass is 32.2. The van der Waals surface area contributed by atoms with Gasteiger partial charge in [-0.15, -0.1) is 0 Å². The first-order valence-corrected chi connectivity index (χ1v) is 5.91. The number of rotatable bonds is 4. The van der Waals surface area contributed by atoms with Gasteiger partial charge in [0.05, 0.1) is 5.75 Å². The Labute approximate surface area is 99.8 Å². The fraction of sp³-hybridized carbons (Fsp3) is 0.667. The van der Waals surface area contributed by atoms with Gasteiger partial charge in [0.25, 0.3) is 0 Å². The van der Waals surface area contributed by atoms with Gasteiger partial charge in [-0.25, -0.2) is 0 Å². The van der Waals surface area contributed by atoms with E-state index in [4.69, 9.17) is 16.9 Å². The second-order valence-corrected chi connectivity index (χ2v) is 4.69. The highest BCUT2D eigenvalue weighted by molar-refractivity contribution is 8.14. The fourth-order valence-corrected chi connectivity index (χ4v) is 1.27. The summed E-state index contributed by atoms with van der Waals surface area (Å²) in [6, 6.07) is 0.116. The average Bonchev–Trinajstić information content (AvgIpc) is 2.13. The number of nitrogens with one attached hydrogen (secondary N) is 2. The molecule has 0 aliphatic rings. The average molecular weight is 245 g/mol. The Balaban J connectivity index is 3.91. The topological polar surface area (TPSA) is 117 Å². The van der Waals surface area contributed by atoms with Crippen molar-refractivity contribution < 1.29 is 4.79 Å². The summed E-state index contributed by atoms with van der Waals surface area (Å²) in [6.07, 6.45) is 0. The summed E-state index contributed by atoms with van der Waals surface area (Å²) in [5, 5.41) is 10.1. The molecule has 92 valence electrons. The first-order valence-electron chi connectivity index (χ1n) is 4.93. The van der Waals surface area contributed by atoms with Gasteiger partial charge in [0.15, 0.2) is 11.1 Å². The van der Waals surface area contributed by atoms with Gasteiger partial charge < -0.3 is 16.8 Å². The van der Waals surface area contributed by atoms with Crippen molar-refractivity contribution in [1.29, 1.82) is 5.41 Å². The van der Waals surface area contributed by atoms with Gasteiger partial charge in [-0.1, -0.05) is 25.6 Å². The molecule has 16 heavy (non-hydrogen) atoms. The second kappa shape index (κ2) is 7.10. The summed E-state index contributed by atoms with van der Waals surface area (Å²) in [4.78, 5) is 14.9. The Hall–Kier alpha value is -1.24. The normalized spacial score (nSPS) is 12.0. The maximum absolute atomic E-state index is 11.4. The van der Waals surface area contributed by atoms with Gasteiger partial charge in [-0.2, -0.15) is 4.99 Å². The lowest BCUT2D eigenvalue weighted by Gasteiger charge is -2.16. The van der Waals surface area contributed by atoms with Crippen LogP contribution in [0.2, 0.25) is 0 Å². The summed E-state index contributed by atoms with van der Waals surface area (Å²) in [7, 11) is 0. The molecule has 0 fully saturated rings. The molecule has 0 aromatic carbocycles. The molecule has 0 saturated heterocycles. The highest BCUT2D eigenvalue weighted by Crippen LogP contribution is 2.04. The minimum atomic E-state index is -0.173. The molecule has 0 aliphatic carbocycles. The summed E-state index contributed by atoms with van der Waals surface area (Å²) in [6.45, 7) is 5.99. The quantitative estimate of drug-likeness (QED) is 0.414. The van der Waals surface area contributed by atoms with Gasteiger partial charge in [0.1, 0.15) is 0 Å². The SMILES string of the molecule is CC(C)C(C)NC(=O)CSC(=N)N=C(N)N. The number of amides is 1. The van der Waals surface area contributed by atoms with Crippen LogP contribution in [-0.2, 0) is 4.79 Å². The molecule has 1 amide bonds. The van der Waals surface area contributed by atoms with Crippen LogP contribution in [0.5, 0.6) is 0 Å². The Morgan fingerprint density at radius 2 is 2.00 bits per heavy atom. The van der Waals surface area contributed by atoms with E-state index in [1.54, 1.807) is 0 Å². The number of amidine groups is 1. The summed E-state index contributed by atoms with van der Waals surface area (Å²) in [5.41, 5.74) is 10.2. The van der Waals surface area contributed by atoms with Gasteiger partial charge in [0, 0.05) is 6.04 Å². The minimum Gasteiger partial charge on any atom is -0.370 e. The molecule has 0 aliphatic heterocycles. The van der Waals surface area contributed by atoms with Crippen molar-refractivity contribution in [1.82, 2.24) is 5.32 Å². The first kappa shape index (κ1) is 14.8. The molecule has 0 saturated carbocycles. The van der Waals surface area contributed by atoms with E-state index in [2.05, 4.69) is 10.3 Å². The zero-order chi connectivity index (χ0) is 12.7. The predicted octanol–water partition coefficient (Wildman–Crippen LogP) is 0.0885. The van der Waals surface area contributed by atoms with E-state index in [9.17, 15) is 4.79 Å². The molecule has 6 N–H and O–H groups in total. The number of aliphatic imine (C=N–C) groups is 1. The zero-order valence-corrected chi connectivity index (χ0v) is 10.6. The third-order valence-corrected chi connectivity index (χ3v) is 2.73. The maximum Gasteiger partial charge on any atom is 0.230 e. The van der Waals surface area contributed by atoms with Crippen LogP contribution in [0.25, 0.3) is 0 Å². The number of thioether (sulfide) groups is 1. The van der Waals surface area contributed by atoms with Gasteiger partial charge in [-0.3, -0.25) is 10.2 Å². The molecule has 7 heteroatoms. The lowest BCUT2D eigenvalue weighted by molar-refractivity contribution is -0.119. The number of guanidine groups is 1. The summed E-state index contributed by atoms with van der Waals surface area (Å²) in [5.74, 6) is 0.230. The molecule has 0 aromatic rings. The van der Waals surface area contributed by atoms with Crippen molar-refractivity contribution in [3.8, 4) is 0 Å². The van der Waals surface area contributed by atoms with E-state index in [1.165, 1.54) is 0 Å². The highest BCUT2D eigenvalue weighted by Gasteiger charge is 2.11. The molecule has 6 nitrogen and oxygen atoms in total. The fourth-order valence-electron chi connectivity index (χ4n) is 0.746. The molecule has 0 rings (SSSR count). The van der Waals surface area contributed by atoms with Crippen LogP contribution in [0.15, 0.2) is 4.99 Å².